The molecule has 0 spiro atoms. The number of hydrogen-bond acceptors (Lipinski definition) is 3. The fourth-order valence-electron chi connectivity index (χ4n) is 3.95. The van der Waals surface area contributed by atoms with Gasteiger partial charge in [0.2, 0.25) is 5.91 Å². The Balaban J connectivity index is 1.66. The predicted octanol–water partition coefficient (Wildman–Crippen LogP) is 5.15. The standard InChI is InChI=1S/C24H30N2O2S/c1-16-11-17(2)14-26(13-16)24(28)20-10-9-18(3)21(12-20)25-23(27)15-29-22-8-6-5-7-19(22)4/h5-10,12,16-17H,11,13-15H2,1-4H3,(H,25,27). The Kier molecular flexibility index (Phi) is 7.01. The lowest BCUT2D eigenvalue weighted by atomic mass is 9.91. The smallest absolute Gasteiger partial charge is 0.253 e. The van der Waals surface area contributed by atoms with Crippen molar-refractivity contribution in [1.29, 1.82) is 0 Å². The van der Waals surface area contributed by atoms with E-state index in [0.717, 1.165) is 30.0 Å². The molecule has 4 nitrogen and oxygen atoms in total. The quantitative estimate of drug-likeness (QED) is 0.693. The number of amides is 2. The average Bonchev–Trinajstić information content (AvgIpc) is 2.68. The molecule has 2 atom stereocenters. The van der Waals surface area contributed by atoms with Crippen molar-refractivity contribution >= 4 is 29.3 Å². The first-order valence-electron chi connectivity index (χ1n) is 10.2. The molecule has 0 aliphatic carbocycles. The lowest BCUT2D eigenvalue weighted by Gasteiger charge is -2.35. The van der Waals surface area contributed by atoms with Gasteiger partial charge in [0.25, 0.3) is 5.91 Å². The number of nitrogens with zero attached hydrogens (tertiary/aromatic N) is 1. The van der Waals surface area contributed by atoms with E-state index in [0.29, 0.717) is 28.8 Å². The molecule has 154 valence electrons. The summed E-state index contributed by atoms with van der Waals surface area (Å²) >= 11 is 1.53. The number of piperidine rings is 1. The van der Waals surface area contributed by atoms with Gasteiger partial charge in [-0.05, 0) is 61.4 Å². The first-order chi connectivity index (χ1) is 13.8. The first-order valence-corrected chi connectivity index (χ1v) is 11.2. The molecule has 1 N–H and O–H groups in total. The van der Waals surface area contributed by atoms with Gasteiger partial charge in [0, 0.05) is 29.2 Å². The number of likely N-dealkylation sites (tertiary alicyclic amines) is 1. The summed E-state index contributed by atoms with van der Waals surface area (Å²) in [6.07, 6.45) is 1.16. The number of anilines is 1. The highest BCUT2D eigenvalue weighted by Crippen LogP contribution is 2.25. The molecule has 1 heterocycles. The molecular weight excluding hydrogens is 380 g/mol. The highest BCUT2D eigenvalue weighted by molar-refractivity contribution is 8.00. The number of thioether (sulfide) groups is 1. The van der Waals surface area contributed by atoms with E-state index in [4.69, 9.17) is 0 Å². The van der Waals surface area contributed by atoms with Gasteiger partial charge in [-0.2, -0.15) is 0 Å². The number of hydrogen-bond donors (Lipinski definition) is 1. The molecule has 2 unspecified atom stereocenters. The first kappa shape index (κ1) is 21.4. The highest BCUT2D eigenvalue weighted by Gasteiger charge is 2.26. The summed E-state index contributed by atoms with van der Waals surface area (Å²) < 4.78 is 0. The van der Waals surface area contributed by atoms with Crippen LogP contribution in [0.1, 0.15) is 41.8 Å². The molecule has 1 aliphatic rings. The van der Waals surface area contributed by atoms with Crippen molar-refractivity contribution in [2.24, 2.45) is 11.8 Å². The van der Waals surface area contributed by atoms with Crippen LogP contribution >= 0.6 is 11.8 Å². The van der Waals surface area contributed by atoms with Gasteiger partial charge in [-0.1, -0.05) is 38.1 Å². The topological polar surface area (TPSA) is 49.4 Å². The van der Waals surface area contributed by atoms with Gasteiger partial charge in [-0.3, -0.25) is 9.59 Å². The summed E-state index contributed by atoms with van der Waals surface area (Å²) in [5, 5.41) is 2.99. The van der Waals surface area contributed by atoms with Gasteiger partial charge in [0.15, 0.2) is 0 Å². The Labute approximate surface area is 178 Å². The zero-order chi connectivity index (χ0) is 21.0. The summed E-state index contributed by atoms with van der Waals surface area (Å²) in [4.78, 5) is 28.5. The van der Waals surface area contributed by atoms with Gasteiger partial charge in [0.1, 0.15) is 0 Å². The maximum atomic E-state index is 13.0. The molecule has 0 aromatic heterocycles. The van der Waals surface area contributed by atoms with Crippen LogP contribution in [-0.4, -0.2) is 35.6 Å². The third-order valence-corrected chi connectivity index (χ3v) is 6.54. The normalized spacial score (nSPS) is 19.1. The van der Waals surface area contributed by atoms with Crippen LogP contribution in [0.5, 0.6) is 0 Å². The summed E-state index contributed by atoms with van der Waals surface area (Å²) in [5.74, 6) is 1.36. The minimum absolute atomic E-state index is 0.0492. The largest absolute Gasteiger partial charge is 0.338 e. The van der Waals surface area contributed by atoms with Crippen LogP contribution < -0.4 is 5.32 Å². The van der Waals surface area contributed by atoms with E-state index >= 15 is 0 Å². The lowest BCUT2D eigenvalue weighted by molar-refractivity contribution is -0.113. The van der Waals surface area contributed by atoms with E-state index in [1.54, 1.807) is 0 Å². The number of benzene rings is 2. The molecule has 0 saturated carbocycles. The Morgan fingerprint density at radius 1 is 1.03 bits per heavy atom. The van der Waals surface area contributed by atoms with E-state index in [1.807, 2.05) is 61.2 Å². The molecule has 1 fully saturated rings. The van der Waals surface area contributed by atoms with Crippen molar-refractivity contribution in [2.75, 3.05) is 24.2 Å². The minimum Gasteiger partial charge on any atom is -0.338 e. The van der Waals surface area contributed by atoms with Crippen molar-refractivity contribution in [3.8, 4) is 0 Å². The maximum absolute atomic E-state index is 13.0. The van der Waals surface area contributed by atoms with Crippen LogP contribution in [-0.2, 0) is 4.79 Å². The second kappa shape index (κ2) is 9.49. The van der Waals surface area contributed by atoms with Crippen molar-refractivity contribution in [3.63, 3.8) is 0 Å². The Morgan fingerprint density at radius 3 is 2.41 bits per heavy atom. The van der Waals surface area contributed by atoms with Gasteiger partial charge in [0.05, 0.1) is 5.75 Å². The number of carbonyl (C=O) groups excluding carboxylic acids is 2. The van der Waals surface area contributed by atoms with Crippen LogP contribution in [0.2, 0.25) is 0 Å². The monoisotopic (exact) mass is 410 g/mol. The minimum atomic E-state index is -0.0637. The molecule has 2 aromatic carbocycles. The Bertz CT molecular complexity index is 886. The molecule has 0 radical (unpaired) electrons. The molecule has 2 aromatic rings. The second-order valence-electron chi connectivity index (χ2n) is 8.29. The number of rotatable bonds is 5. The fourth-order valence-corrected chi connectivity index (χ4v) is 4.78. The molecular formula is C24H30N2O2S. The van der Waals surface area contributed by atoms with Crippen LogP contribution in [0.4, 0.5) is 5.69 Å². The van der Waals surface area contributed by atoms with E-state index in [-0.39, 0.29) is 11.8 Å². The van der Waals surface area contributed by atoms with E-state index in [1.165, 1.54) is 17.3 Å². The van der Waals surface area contributed by atoms with E-state index in [9.17, 15) is 9.59 Å². The zero-order valence-electron chi connectivity index (χ0n) is 17.7. The van der Waals surface area contributed by atoms with Crippen LogP contribution in [0.3, 0.4) is 0 Å². The average molecular weight is 411 g/mol. The van der Waals surface area contributed by atoms with Crippen LogP contribution in [0.25, 0.3) is 0 Å². The van der Waals surface area contributed by atoms with Gasteiger partial charge in [-0.25, -0.2) is 0 Å². The second-order valence-corrected chi connectivity index (χ2v) is 9.31. The Morgan fingerprint density at radius 2 is 1.72 bits per heavy atom. The fraction of sp³-hybridized carbons (Fsp3) is 0.417. The van der Waals surface area contributed by atoms with Crippen molar-refractivity contribution in [3.05, 3.63) is 59.2 Å². The van der Waals surface area contributed by atoms with Gasteiger partial charge >= 0.3 is 0 Å². The molecule has 0 bridgehead atoms. The number of aryl methyl sites for hydroxylation is 2. The molecule has 2 amide bonds. The summed E-state index contributed by atoms with van der Waals surface area (Å²) in [6, 6.07) is 13.6. The number of nitrogens with one attached hydrogen (secondary N) is 1. The zero-order valence-corrected chi connectivity index (χ0v) is 18.5. The molecule has 1 saturated heterocycles. The van der Waals surface area contributed by atoms with Crippen LogP contribution in [0, 0.1) is 25.7 Å². The molecule has 29 heavy (non-hydrogen) atoms. The molecule has 5 heteroatoms. The predicted molar refractivity (Wildman–Crippen MR) is 121 cm³/mol. The maximum Gasteiger partial charge on any atom is 0.253 e. The van der Waals surface area contributed by atoms with Gasteiger partial charge in [-0.15, -0.1) is 11.8 Å². The summed E-state index contributed by atoms with van der Waals surface area (Å²) in [5.41, 5.74) is 3.47. The third-order valence-electron chi connectivity index (χ3n) is 5.37. The number of carbonyl (C=O) groups is 2. The van der Waals surface area contributed by atoms with Crippen molar-refractivity contribution < 1.29 is 9.59 Å². The summed E-state index contributed by atoms with van der Waals surface area (Å²) in [7, 11) is 0. The third kappa shape index (κ3) is 5.63. The van der Waals surface area contributed by atoms with E-state index in [2.05, 4.69) is 19.2 Å². The molecule has 3 rings (SSSR count). The summed E-state index contributed by atoms with van der Waals surface area (Å²) in [6.45, 7) is 9.98. The van der Waals surface area contributed by atoms with Crippen molar-refractivity contribution in [1.82, 2.24) is 4.90 Å². The van der Waals surface area contributed by atoms with E-state index < -0.39 is 0 Å². The van der Waals surface area contributed by atoms with Crippen molar-refractivity contribution in [2.45, 2.75) is 39.0 Å². The molecule has 1 aliphatic heterocycles. The SMILES string of the molecule is Cc1ccc(C(=O)N2CC(C)CC(C)C2)cc1NC(=O)CSc1ccccc1C. The van der Waals surface area contributed by atoms with Crippen LogP contribution in [0.15, 0.2) is 47.4 Å². The Hall–Kier alpha value is -2.27. The lowest BCUT2D eigenvalue weighted by Crippen LogP contribution is -2.42. The van der Waals surface area contributed by atoms with Gasteiger partial charge < -0.3 is 10.2 Å². The highest BCUT2D eigenvalue weighted by atomic mass is 32.2.